The molecule has 2 N–H and O–H groups in total. The molecule has 0 amide bonds. The summed E-state index contributed by atoms with van der Waals surface area (Å²) in [6.07, 6.45) is 2.70. The second kappa shape index (κ2) is 5.18. The van der Waals surface area contributed by atoms with Crippen LogP contribution in [0.4, 0.5) is 10.2 Å². The minimum absolute atomic E-state index is 0.422. The summed E-state index contributed by atoms with van der Waals surface area (Å²) in [5.74, 6) is 0.0605. The molecule has 3 rings (SSSR count). The van der Waals surface area contributed by atoms with E-state index in [0.717, 1.165) is 11.8 Å². The number of nitrogens with zero attached hydrogens (tertiary/aromatic N) is 3. The van der Waals surface area contributed by atoms with Gasteiger partial charge in [0.05, 0.1) is 11.8 Å². The van der Waals surface area contributed by atoms with Gasteiger partial charge in [0.1, 0.15) is 17.3 Å². The normalized spacial score (nSPS) is 10.8. The molecule has 0 aliphatic rings. The number of hydrogen-bond donors (Lipinski definition) is 1. The molecule has 0 aliphatic carbocycles. The zero-order valence-corrected chi connectivity index (χ0v) is 12.0. The highest BCUT2D eigenvalue weighted by Gasteiger charge is 2.18. The van der Waals surface area contributed by atoms with Crippen LogP contribution in [0, 0.1) is 5.82 Å². The summed E-state index contributed by atoms with van der Waals surface area (Å²) in [5, 5.41) is 4.97. The molecule has 6 heteroatoms. The van der Waals surface area contributed by atoms with E-state index in [-0.39, 0.29) is 0 Å². The van der Waals surface area contributed by atoms with Crippen LogP contribution in [0.25, 0.3) is 22.4 Å². The van der Waals surface area contributed by atoms with E-state index < -0.39 is 5.82 Å². The number of anilines is 1. The molecule has 21 heavy (non-hydrogen) atoms. The van der Waals surface area contributed by atoms with Crippen molar-refractivity contribution in [2.45, 2.75) is 0 Å². The lowest BCUT2D eigenvalue weighted by atomic mass is 10.0. The van der Waals surface area contributed by atoms with E-state index in [1.165, 1.54) is 6.07 Å². The van der Waals surface area contributed by atoms with Crippen LogP contribution in [0.15, 0.2) is 42.7 Å². The number of nitrogen functional groups attached to an aromatic ring is 1. The molecule has 1 aromatic carbocycles. The Morgan fingerprint density at radius 3 is 2.71 bits per heavy atom. The van der Waals surface area contributed by atoms with Crippen LogP contribution < -0.4 is 5.73 Å². The lowest BCUT2D eigenvalue weighted by Crippen LogP contribution is -1.97. The number of halogens is 2. The zero-order chi connectivity index (χ0) is 15.0. The molecule has 2 heterocycles. The van der Waals surface area contributed by atoms with Gasteiger partial charge in [-0.2, -0.15) is 5.10 Å². The molecule has 3 aromatic rings. The van der Waals surface area contributed by atoms with Gasteiger partial charge in [-0.05, 0) is 23.8 Å². The SMILES string of the molecule is Cn1nc(-c2cncc(F)c2)c(-c2cccc(Cl)c2)c1N. The van der Waals surface area contributed by atoms with Gasteiger partial charge >= 0.3 is 0 Å². The lowest BCUT2D eigenvalue weighted by molar-refractivity contribution is 0.622. The highest BCUT2D eigenvalue weighted by atomic mass is 35.5. The van der Waals surface area contributed by atoms with E-state index in [1.807, 2.05) is 12.1 Å². The van der Waals surface area contributed by atoms with Crippen molar-refractivity contribution in [1.82, 2.24) is 14.8 Å². The quantitative estimate of drug-likeness (QED) is 0.788. The van der Waals surface area contributed by atoms with E-state index in [4.69, 9.17) is 17.3 Å². The highest BCUT2D eigenvalue weighted by molar-refractivity contribution is 6.30. The van der Waals surface area contributed by atoms with E-state index in [0.29, 0.717) is 27.7 Å². The Kier molecular flexibility index (Phi) is 3.35. The standard InChI is InChI=1S/C15H12ClFN4/c1-21-15(18)13(9-3-2-4-11(16)5-9)14(20-21)10-6-12(17)8-19-7-10/h2-8H,18H2,1H3. The number of nitrogens with two attached hydrogens (primary N) is 1. The van der Waals surface area contributed by atoms with Crippen LogP contribution >= 0.6 is 11.6 Å². The Hall–Kier alpha value is -2.40. The third kappa shape index (κ3) is 2.48. The molecule has 0 radical (unpaired) electrons. The lowest BCUT2D eigenvalue weighted by Gasteiger charge is -2.05. The Bertz CT molecular complexity index is 813. The van der Waals surface area contributed by atoms with Crippen LogP contribution in [0.2, 0.25) is 5.02 Å². The maximum atomic E-state index is 13.4. The summed E-state index contributed by atoms with van der Waals surface area (Å²) in [7, 11) is 1.74. The summed E-state index contributed by atoms with van der Waals surface area (Å²) >= 11 is 6.04. The summed E-state index contributed by atoms with van der Waals surface area (Å²) in [6.45, 7) is 0. The van der Waals surface area contributed by atoms with Crippen LogP contribution in [0.3, 0.4) is 0 Å². The second-order valence-electron chi connectivity index (χ2n) is 4.63. The first-order valence-electron chi connectivity index (χ1n) is 6.25. The first-order chi connectivity index (χ1) is 10.1. The van der Waals surface area contributed by atoms with Gasteiger partial charge in [-0.25, -0.2) is 4.39 Å². The van der Waals surface area contributed by atoms with Gasteiger partial charge in [-0.3, -0.25) is 9.67 Å². The van der Waals surface area contributed by atoms with Gasteiger partial charge in [0, 0.05) is 23.8 Å². The third-order valence-electron chi connectivity index (χ3n) is 3.18. The minimum atomic E-state index is -0.422. The Labute approximate surface area is 126 Å². The molecule has 0 saturated heterocycles. The van der Waals surface area contributed by atoms with Crippen molar-refractivity contribution >= 4 is 17.4 Å². The Morgan fingerprint density at radius 1 is 1.19 bits per heavy atom. The van der Waals surface area contributed by atoms with Crippen LogP contribution in [-0.4, -0.2) is 14.8 Å². The zero-order valence-electron chi connectivity index (χ0n) is 11.2. The van der Waals surface area contributed by atoms with Crippen molar-refractivity contribution in [1.29, 1.82) is 0 Å². The fourth-order valence-corrected chi connectivity index (χ4v) is 2.40. The predicted molar refractivity (Wildman–Crippen MR) is 81.3 cm³/mol. The number of aryl methyl sites for hydroxylation is 1. The average Bonchev–Trinajstić information content (AvgIpc) is 2.75. The molecular formula is C15H12ClFN4. The molecule has 0 aliphatic heterocycles. The van der Waals surface area contributed by atoms with Crippen LogP contribution in [-0.2, 0) is 7.05 Å². The van der Waals surface area contributed by atoms with E-state index in [9.17, 15) is 4.39 Å². The molecule has 2 aromatic heterocycles. The van der Waals surface area contributed by atoms with Crippen molar-refractivity contribution < 1.29 is 4.39 Å². The van der Waals surface area contributed by atoms with Gasteiger partial charge in [0.15, 0.2) is 0 Å². The Balaban J connectivity index is 2.25. The van der Waals surface area contributed by atoms with E-state index >= 15 is 0 Å². The maximum Gasteiger partial charge on any atom is 0.142 e. The fourth-order valence-electron chi connectivity index (χ4n) is 2.21. The fraction of sp³-hybridized carbons (Fsp3) is 0.0667. The number of rotatable bonds is 2. The molecule has 0 fully saturated rings. The number of aromatic nitrogens is 3. The molecular weight excluding hydrogens is 291 g/mol. The molecule has 0 saturated carbocycles. The number of benzene rings is 1. The monoisotopic (exact) mass is 302 g/mol. The molecule has 0 atom stereocenters. The second-order valence-corrected chi connectivity index (χ2v) is 5.07. The van der Waals surface area contributed by atoms with Gasteiger partial charge < -0.3 is 5.73 Å². The molecule has 0 bridgehead atoms. The van der Waals surface area contributed by atoms with E-state index in [1.54, 1.807) is 30.1 Å². The third-order valence-corrected chi connectivity index (χ3v) is 3.42. The van der Waals surface area contributed by atoms with Gasteiger partial charge in [-0.1, -0.05) is 23.7 Å². The molecule has 4 nitrogen and oxygen atoms in total. The van der Waals surface area contributed by atoms with Gasteiger partial charge in [-0.15, -0.1) is 0 Å². The summed E-state index contributed by atoms with van der Waals surface area (Å²) in [4.78, 5) is 3.86. The highest BCUT2D eigenvalue weighted by Crippen LogP contribution is 2.36. The van der Waals surface area contributed by atoms with Crippen molar-refractivity contribution in [3.63, 3.8) is 0 Å². The maximum absolute atomic E-state index is 13.4. The molecule has 106 valence electrons. The smallest absolute Gasteiger partial charge is 0.142 e. The van der Waals surface area contributed by atoms with Crippen LogP contribution in [0.1, 0.15) is 0 Å². The van der Waals surface area contributed by atoms with Crippen molar-refractivity contribution in [3.05, 3.63) is 53.6 Å². The number of pyridine rings is 1. The van der Waals surface area contributed by atoms with Gasteiger partial charge in [0.2, 0.25) is 0 Å². The average molecular weight is 303 g/mol. The summed E-state index contributed by atoms with van der Waals surface area (Å²) < 4.78 is 15.0. The van der Waals surface area contributed by atoms with Crippen molar-refractivity contribution in [2.24, 2.45) is 7.05 Å². The van der Waals surface area contributed by atoms with E-state index in [2.05, 4.69) is 10.1 Å². The predicted octanol–water partition coefficient (Wildman–Crippen LogP) is 3.52. The van der Waals surface area contributed by atoms with Crippen molar-refractivity contribution in [3.8, 4) is 22.4 Å². The summed E-state index contributed by atoms with van der Waals surface area (Å²) in [6, 6.07) is 8.67. The minimum Gasteiger partial charge on any atom is -0.383 e. The number of hydrogen-bond acceptors (Lipinski definition) is 3. The first kappa shape index (κ1) is 13.6. The molecule has 0 spiro atoms. The topological polar surface area (TPSA) is 56.7 Å². The van der Waals surface area contributed by atoms with Crippen LogP contribution in [0.5, 0.6) is 0 Å². The largest absolute Gasteiger partial charge is 0.383 e. The Morgan fingerprint density at radius 2 is 2.00 bits per heavy atom. The first-order valence-corrected chi connectivity index (χ1v) is 6.63. The van der Waals surface area contributed by atoms with Crippen molar-refractivity contribution in [2.75, 3.05) is 5.73 Å². The molecule has 0 unspecified atom stereocenters. The van der Waals surface area contributed by atoms with Gasteiger partial charge in [0.25, 0.3) is 0 Å². The summed E-state index contributed by atoms with van der Waals surface area (Å²) in [5.41, 5.74) is 8.79.